The second kappa shape index (κ2) is 4.87. The van der Waals surface area contributed by atoms with Crippen LogP contribution in [0.5, 0.6) is 0 Å². The second-order valence-corrected chi connectivity index (χ2v) is 4.27. The Morgan fingerprint density at radius 2 is 2.24 bits per heavy atom. The monoisotopic (exact) mass is 301 g/mol. The van der Waals surface area contributed by atoms with E-state index < -0.39 is 17.6 Å². The van der Waals surface area contributed by atoms with Gasteiger partial charge in [-0.15, -0.1) is 0 Å². The van der Waals surface area contributed by atoms with Crippen molar-refractivity contribution in [1.82, 2.24) is 15.5 Å². The van der Waals surface area contributed by atoms with Gasteiger partial charge in [0.25, 0.3) is 0 Å². The average molecular weight is 302 g/mol. The van der Waals surface area contributed by atoms with Crippen LogP contribution in [0.4, 0.5) is 4.39 Å². The van der Waals surface area contributed by atoms with E-state index in [1.807, 2.05) is 0 Å². The van der Waals surface area contributed by atoms with Gasteiger partial charge in [0.15, 0.2) is 0 Å². The van der Waals surface area contributed by atoms with Gasteiger partial charge in [0.1, 0.15) is 11.5 Å². The Bertz CT molecular complexity index is 481. The molecular formula is C10H9BrFN3O2. The lowest BCUT2D eigenvalue weighted by molar-refractivity contribution is -0.134. The highest BCUT2D eigenvalue weighted by molar-refractivity contribution is 9.08. The number of nitrogens with one attached hydrogen (secondary N) is 1. The van der Waals surface area contributed by atoms with Crippen molar-refractivity contribution in [2.24, 2.45) is 0 Å². The Balaban J connectivity index is 2.28. The zero-order valence-electron chi connectivity index (χ0n) is 8.74. The molecule has 1 unspecified atom stereocenters. The molecule has 1 aliphatic rings. The molecule has 0 radical (unpaired) electrons. The third kappa shape index (κ3) is 2.49. The molecular weight excluding hydrogens is 293 g/mol. The molecule has 0 bridgehead atoms. The molecule has 2 heterocycles. The van der Waals surface area contributed by atoms with Crippen molar-refractivity contribution < 1.29 is 14.0 Å². The van der Waals surface area contributed by atoms with Gasteiger partial charge in [-0.25, -0.2) is 4.39 Å². The predicted octanol–water partition coefficient (Wildman–Crippen LogP) is 1.03. The first-order valence-electron chi connectivity index (χ1n) is 5.03. The van der Waals surface area contributed by atoms with E-state index in [0.717, 1.165) is 0 Å². The number of halogens is 2. The van der Waals surface area contributed by atoms with Gasteiger partial charge in [0.05, 0.1) is 11.6 Å². The minimum absolute atomic E-state index is 0.000278. The molecule has 0 aliphatic carbocycles. The normalized spacial score (nSPS) is 20.2. The number of piperidine rings is 1. The smallest absolute Gasteiger partial charge is 0.235 e. The molecule has 2 rings (SSSR count). The van der Waals surface area contributed by atoms with Crippen molar-refractivity contribution >= 4 is 27.7 Å². The van der Waals surface area contributed by atoms with E-state index in [1.165, 1.54) is 6.07 Å². The van der Waals surface area contributed by atoms with Gasteiger partial charge in [0, 0.05) is 17.8 Å². The van der Waals surface area contributed by atoms with Crippen LogP contribution in [0.2, 0.25) is 0 Å². The molecule has 1 atom stereocenters. The van der Waals surface area contributed by atoms with Crippen molar-refractivity contribution in [1.29, 1.82) is 0 Å². The molecule has 90 valence electrons. The Kier molecular flexibility index (Phi) is 3.46. The van der Waals surface area contributed by atoms with Crippen molar-refractivity contribution in [2.75, 3.05) is 0 Å². The van der Waals surface area contributed by atoms with Gasteiger partial charge in [-0.2, -0.15) is 10.2 Å². The van der Waals surface area contributed by atoms with Gasteiger partial charge in [0.2, 0.25) is 11.8 Å². The number of amides is 2. The summed E-state index contributed by atoms with van der Waals surface area (Å²) in [4.78, 5) is 22.5. The van der Waals surface area contributed by atoms with E-state index >= 15 is 0 Å². The summed E-state index contributed by atoms with van der Waals surface area (Å²) in [5.74, 6) is -2.15. The first-order chi connectivity index (χ1) is 8.11. The van der Waals surface area contributed by atoms with E-state index in [4.69, 9.17) is 0 Å². The lowest BCUT2D eigenvalue weighted by atomic mass is 9.94. The van der Waals surface area contributed by atoms with Crippen LogP contribution in [0, 0.1) is 5.82 Å². The molecule has 1 aliphatic heterocycles. The van der Waals surface area contributed by atoms with E-state index in [-0.39, 0.29) is 24.4 Å². The summed E-state index contributed by atoms with van der Waals surface area (Å²) in [5.41, 5.74) is 0.457. The number of carbonyl (C=O) groups is 2. The summed E-state index contributed by atoms with van der Waals surface area (Å²) < 4.78 is 13.7. The molecule has 2 amide bonds. The summed E-state index contributed by atoms with van der Waals surface area (Å²) in [5, 5.41) is 10.1. The van der Waals surface area contributed by atoms with Gasteiger partial charge in [-0.3, -0.25) is 14.9 Å². The minimum atomic E-state index is -0.732. The third-order valence-electron chi connectivity index (χ3n) is 2.53. The topological polar surface area (TPSA) is 72.0 Å². The molecule has 0 saturated carbocycles. The molecule has 1 aromatic heterocycles. The van der Waals surface area contributed by atoms with Crippen molar-refractivity contribution in [3.8, 4) is 0 Å². The molecule has 17 heavy (non-hydrogen) atoms. The summed E-state index contributed by atoms with van der Waals surface area (Å²) in [6, 6.07) is 1.24. The maximum absolute atomic E-state index is 13.7. The van der Waals surface area contributed by atoms with Crippen LogP contribution in [-0.4, -0.2) is 22.0 Å². The van der Waals surface area contributed by atoms with E-state index in [0.29, 0.717) is 11.0 Å². The van der Waals surface area contributed by atoms with Crippen LogP contribution < -0.4 is 5.32 Å². The number of alkyl halides is 1. The van der Waals surface area contributed by atoms with Crippen molar-refractivity contribution in [3.63, 3.8) is 0 Å². The van der Waals surface area contributed by atoms with Crippen molar-refractivity contribution in [2.45, 2.75) is 24.1 Å². The van der Waals surface area contributed by atoms with Crippen LogP contribution >= 0.6 is 15.9 Å². The third-order valence-corrected chi connectivity index (χ3v) is 3.10. The molecule has 1 fully saturated rings. The SMILES string of the molecule is O=C1CCC(c2nnc(CBr)cc2F)C(=O)N1. The zero-order chi connectivity index (χ0) is 12.4. The Labute approximate surface area is 105 Å². The minimum Gasteiger partial charge on any atom is -0.296 e. The lowest BCUT2D eigenvalue weighted by Gasteiger charge is -2.20. The molecule has 0 aromatic carbocycles. The zero-order valence-corrected chi connectivity index (χ0v) is 10.3. The Hall–Kier alpha value is -1.37. The maximum atomic E-state index is 13.7. The van der Waals surface area contributed by atoms with Gasteiger partial charge in [-0.05, 0) is 6.42 Å². The van der Waals surface area contributed by atoms with E-state index in [2.05, 4.69) is 31.4 Å². The molecule has 7 heteroatoms. The quantitative estimate of drug-likeness (QED) is 0.654. The number of hydrogen-bond acceptors (Lipinski definition) is 4. The largest absolute Gasteiger partial charge is 0.296 e. The summed E-state index contributed by atoms with van der Waals surface area (Å²) in [6.07, 6.45) is 0.460. The standard InChI is InChI=1S/C10H9BrFN3O2/c11-4-5-3-7(12)9(15-14-5)6-1-2-8(16)13-10(6)17/h3,6H,1-2,4H2,(H,13,16,17). The van der Waals surface area contributed by atoms with Crippen LogP contribution in [0.15, 0.2) is 6.07 Å². The summed E-state index contributed by atoms with van der Waals surface area (Å²) in [7, 11) is 0. The van der Waals surface area contributed by atoms with E-state index in [1.54, 1.807) is 0 Å². The Morgan fingerprint density at radius 1 is 1.47 bits per heavy atom. The highest BCUT2D eigenvalue weighted by Crippen LogP contribution is 2.25. The highest BCUT2D eigenvalue weighted by atomic mass is 79.9. The first-order valence-corrected chi connectivity index (χ1v) is 6.15. The molecule has 5 nitrogen and oxygen atoms in total. The number of rotatable bonds is 2. The number of imide groups is 1. The van der Waals surface area contributed by atoms with Crippen LogP contribution in [0.25, 0.3) is 0 Å². The molecule has 1 aromatic rings. The molecule has 1 N–H and O–H groups in total. The second-order valence-electron chi connectivity index (χ2n) is 3.71. The fourth-order valence-corrected chi connectivity index (χ4v) is 1.94. The number of nitrogens with zero attached hydrogens (tertiary/aromatic N) is 2. The molecule has 0 spiro atoms. The van der Waals surface area contributed by atoms with Gasteiger partial charge < -0.3 is 0 Å². The number of carbonyl (C=O) groups excluding carboxylic acids is 2. The summed E-state index contributed by atoms with van der Waals surface area (Å²) in [6.45, 7) is 0. The fraction of sp³-hybridized carbons (Fsp3) is 0.400. The number of aromatic nitrogens is 2. The number of hydrogen-bond donors (Lipinski definition) is 1. The average Bonchev–Trinajstić information content (AvgIpc) is 2.30. The van der Waals surface area contributed by atoms with Crippen LogP contribution in [0.1, 0.15) is 30.1 Å². The van der Waals surface area contributed by atoms with Gasteiger partial charge in [-0.1, -0.05) is 15.9 Å². The Morgan fingerprint density at radius 3 is 2.82 bits per heavy atom. The molecule has 1 saturated heterocycles. The fourth-order valence-electron chi connectivity index (χ4n) is 1.67. The summed E-state index contributed by atoms with van der Waals surface area (Å²) >= 11 is 3.14. The van der Waals surface area contributed by atoms with Crippen molar-refractivity contribution in [3.05, 3.63) is 23.3 Å². The first kappa shape index (κ1) is 12.1. The van der Waals surface area contributed by atoms with Gasteiger partial charge >= 0.3 is 0 Å². The van der Waals surface area contributed by atoms with E-state index in [9.17, 15) is 14.0 Å². The maximum Gasteiger partial charge on any atom is 0.235 e. The predicted molar refractivity (Wildman–Crippen MR) is 59.7 cm³/mol. The highest BCUT2D eigenvalue weighted by Gasteiger charge is 2.31. The van der Waals surface area contributed by atoms with Crippen LogP contribution in [-0.2, 0) is 14.9 Å². The lowest BCUT2D eigenvalue weighted by Crippen LogP contribution is -2.40. The van der Waals surface area contributed by atoms with Crippen LogP contribution in [0.3, 0.4) is 0 Å².